The van der Waals surface area contributed by atoms with Crippen molar-refractivity contribution >= 4 is 23.2 Å². The van der Waals surface area contributed by atoms with Gasteiger partial charge >= 0.3 is 0 Å². The Morgan fingerprint density at radius 1 is 1.17 bits per heavy atom. The van der Waals surface area contributed by atoms with Crippen molar-refractivity contribution in [2.75, 3.05) is 12.0 Å². The molecule has 3 heterocycles. The van der Waals surface area contributed by atoms with E-state index < -0.39 is 40.8 Å². The number of ether oxygens (including phenoxy) is 2. The first kappa shape index (κ1) is 13.9. The second-order valence-electron chi connectivity index (χ2n) is 5.63. The summed E-state index contributed by atoms with van der Waals surface area (Å²) in [4.78, 5) is 36.8. The van der Waals surface area contributed by atoms with Gasteiger partial charge in [-0.15, -0.1) is 0 Å². The van der Waals surface area contributed by atoms with Gasteiger partial charge in [0.1, 0.15) is 11.4 Å². The van der Waals surface area contributed by atoms with Gasteiger partial charge in [0.15, 0.2) is 0 Å². The van der Waals surface area contributed by atoms with Crippen molar-refractivity contribution < 1.29 is 24.0 Å². The van der Waals surface area contributed by atoms with Crippen LogP contribution in [0.15, 0.2) is 30.4 Å². The Bertz CT molecular complexity index is 743. The number of anilines is 1. The standard InChI is InChI=1S/C15H12N2O6/c1-22-9-3-2-7(17(20)21)6-8(9)16-14(18)12-10-4-5-11(23-10)13(12)15(16)19/h2-6,10-13H,1H3/t10-,11-,12+,13+/m1/s1. The molecule has 2 amide bonds. The molecule has 4 atom stereocenters. The summed E-state index contributed by atoms with van der Waals surface area (Å²) in [6.45, 7) is 0. The molecular formula is C15H12N2O6. The molecule has 0 N–H and O–H groups in total. The number of benzene rings is 1. The Kier molecular flexibility index (Phi) is 2.79. The van der Waals surface area contributed by atoms with E-state index in [1.807, 2.05) is 0 Å². The van der Waals surface area contributed by atoms with Crippen LogP contribution in [-0.2, 0) is 14.3 Å². The number of hydrogen-bond acceptors (Lipinski definition) is 6. The highest BCUT2D eigenvalue weighted by molar-refractivity contribution is 6.23. The van der Waals surface area contributed by atoms with Gasteiger partial charge in [0.2, 0.25) is 11.8 Å². The summed E-state index contributed by atoms with van der Waals surface area (Å²) in [6.07, 6.45) is 2.75. The first-order valence-corrected chi connectivity index (χ1v) is 7.07. The Morgan fingerprint density at radius 2 is 1.78 bits per heavy atom. The number of methoxy groups -OCH3 is 1. The number of rotatable bonds is 3. The van der Waals surface area contributed by atoms with Crippen molar-refractivity contribution in [3.63, 3.8) is 0 Å². The highest BCUT2D eigenvalue weighted by Gasteiger charge is 2.61. The molecule has 0 radical (unpaired) electrons. The third-order valence-corrected chi connectivity index (χ3v) is 4.52. The van der Waals surface area contributed by atoms with E-state index in [2.05, 4.69) is 0 Å². The molecular weight excluding hydrogens is 304 g/mol. The largest absolute Gasteiger partial charge is 0.495 e. The second kappa shape index (κ2) is 4.63. The predicted octanol–water partition coefficient (Wildman–Crippen LogP) is 1.05. The van der Waals surface area contributed by atoms with Crippen molar-refractivity contribution in [2.24, 2.45) is 11.8 Å². The average Bonchev–Trinajstić information content (AvgIpc) is 3.21. The van der Waals surface area contributed by atoms with Crippen LogP contribution < -0.4 is 9.64 Å². The molecule has 8 heteroatoms. The number of carbonyl (C=O) groups is 2. The molecule has 2 fully saturated rings. The highest BCUT2D eigenvalue weighted by Crippen LogP contribution is 2.48. The van der Waals surface area contributed by atoms with Gasteiger partial charge in [-0.1, -0.05) is 12.2 Å². The molecule has 0 saturated carbocycles. The summed E-state index contributed by atoms with van der Waals surface area (Å²) < 4.78 is 10.7. The first-order valence-electron chi connectivity index (χ1n) is 7.07. The van der Waals surface area contributed by atoms with E-state index in [0.29, 0.717) is 0 Å². The van der Waals surface area contributed by atoms with Gasteiger partial charge in [-0.05, 0) is 6.07 Å². The van der Waals surface area contributed by atoms with Crippen LogP contribution in [0.5, 0.6) is 5.75 Å². The number of carbonyl (C=O) groups excluding carboxylic acids is 2. The number of non-ortho nitro benzene ring substituents is 1. The van der Waals surface area contributed by atoms with Gasteiger partial charge in [0, 0.05) is 12.1 Å². The van der Waals surface area contributed by atoms with E-state index in [1.54, 1.807) is 12.2 Å². The quantitative estimate of drug-likeness (QED) is 0.358. The number of imide groups is 1. The molecule has 0 spiro atoms. The lowest BCUT2D eigenvalue weighted by Gasteiger charge is -2.19. The third kappa shape index (κ3) is 1.75. The van der Waals surface area contributed by atoms with Crippen LogP contribution in [0.3, 0.4) is 0 Å². The fourth-order valence-electron chi connectivity index (χ4n) is 3.51. The van der Waals surface area contributed by atoms with Crippen LogP contribution in [0, 0.1) is 22.0 Å². The number of nitro groups is 1. The lowest BCUT2D eigenvalue weighted by molar-refractivity contribution is -0.384. The fourth-order valence-corrected chi connectivity index (χ4v) is 3.51. The van der Waals surface area contributed by atoms with Gasteiger partial charge in [0.25, 0.3) is 5.69 Å². The lowest BCUT2D eigenvalue weighted by atomic mass is 9.85. The minimum atomic E-state index is -0.580. The molecule has 3 aliphatic rings. The van der Waals surface area contributed by atoms with E-state index >= 15 is 0 Å². The summed E-state index contributed by atoms with van der Waals surface area (Å²) in [5.74, 6) is -1.72. The number of nitro benzene ring substituents is 1. The molecule has 0 unspecified atom stereocenters. The molecule has 2 bridgehead atoms. The third-order valence-electron chi connectivity index (χ3n) is 4.52. The second-order valence-corrected chi connectivity index (χ2v) is 5.63. The van der Waals surface area contributed by atoms with Crippen molar-refractivity contribution in [2.45, 2.75) is 12.2 Å². The molecule has 1 aromatic carbocycles. The average molecular weight is 316 g/mol. The normalized spacial score (nSPS) is 30.9. The van der Waals surface area contributed by atoms with Crippen LogP contribution in [0.1, 0.15) is 0 Å². The van der Waals surface area contributed by atoms with E-state index in [0.717, 1.165) is 4.90 Å². The predicted molar refractivity (Wildman–Crippen MR) is 76.9 cm³/mol. The maximum absolute atomic E-state index is 12.7. The molecule has 2 saturated heterocycles. The zero-order valence-corrected chi connectivity index (χ0v) is 12.0. The summed E-state index contributed by atoms with van der Waals surface area (Å²) in [7, 11) is 1.38. The summed E-state index contributed by atoms with van der Waals surface area (Å²) in [6, 6.07) is 3.83. The molecule has 3 aliphatic heterocycles. The van der Waals surface area contributed by atoms with E-state index in [1.165, 1.54) is 25.3 Å². The molecule has 0 aliphatic carbocycles. The molecule has 118 valence electrons. The summed E-state index contributed by atoms with van der Waals surface area (Å²) in [5.41, 5.74) is -0.110. The van der Waals surface area contributed by atoms with Crippen LogP contribution in [0.4, 0.5) is 11.4 Å². The number of nitrogens with zero attached hydrogens (tertiary/aromatic N) is 2. The number of amides is 2. The summed E-state index contributed by atoms with van der Waals surface area (Å²) in [5, 5.41) is 11.0. The van der Waals surface area contributed by atoms with Crippen molar-refractivity contribution in [3.8, 4) is 5.75 Å². The Morgan fingerprint density at radius 3 is 2.30 bits per heavy atom. The zero-order chi connectivity index (χ0) is 16.3. The minimum Gasteiger partial charge on any atom is -0.495 e. The molecule has 23 heavy (non-hydrogen) atoms. The van der Waals surface area contributed by atoms with Crippen LogP contribution in [0.25, 0.3) is 0 Å². The lowest BCUT2D eigenvalue weighted by Crippen LogP contribution is -2.34. The number of fused-ring (bicyclic) bond motifs is 5. The van der Waals surface area contributed by atoms with Gasteiger partial charge in [-0.3, -0.25) is 19.7 Å². The number of hydrogen-bond donors (Lipinski definition) is 0. The minimum absolute atomic E-state index is 0.102. The van der Waals surface area contributed by atoms with Crippen LogP contribution in [0.2, 0.25) is 0 Å². The molecule has 1 aromatic rings. The van der Waals surface area contributed by atoms with Crippen LogP contribution >= 0.6 is 0 Å². The van der Waals surface area contributed by atoms with E-state index in [9.17, 15) is 19.7 Å². The molecule has 4 rings (SSSR count). The van der Waals surface area contributed by atoms with Crippen molar-refractivity contribution in [1.29, 1.82) is 0 Å². The SMILES string of the molecule is COc1ccc([N+](=O)[O-])cc1N1C(=O)[C@@H]2[C@@H](C1=O)[C@H]1C=C[C@H]2O1. The maximum Gasteiger partial charge on any atom is 0.271 e. The van der Waals surface area contributed by atoms with Gasteiger partial charge in [-0.2, -0.15) is 0 Å². The van der Waals surface area contributed by atoms with Crippen molar-refractivity contribution in [3.05, 3.63) is 40.5 Å². The smallest absolute Gasteiger partial charge is 0.271 e. The Balaban J connectivity index is 1.80. The maximum atomic E-state index is 12.7. The van der Waals surface area contributed by atoms with Gasteiger partial charge < -0.3 is 9.47 Å². The van der Waals surface area contributed by atoms with Gasteiger partial charge in [0.05, 0.1) is 36.1 Å². The summed E-state index contributed by atoms with van der Waals surface area (Å²) >= 11 is 0. The van der Waals surface area contributed by atoms with E-state index in [4.69, 9.17) is 9.47 Å². The molecule has 0 aromatic heterocycles. The topological polar surface area (TPSA) is 99.0 Å². The monoisotopic (exact) mass is 316 g/mol. The van der Waals surface area contributed by atoms with Crippen molar-refractivity contribution in [1.82, 2.24) is 0 Å². The van der Waals surface area contributed by atoms with E-state index in [-0.39, 0.29) is 17.1 Å². The molecule has 8 nitrogen and oxygen atoms in total. The zero-order valence-electron chi connectivity index (χ0n) is 12.0. The van der Waals surface area contributed by atoms with Gasteiger partial charge in [-0.25, -0.2) is 4.90 Å². The first-order chi connectivity index (χ1) is 11.0. The Hall–Kier alpha value is -2.74. The van der Waals surface area contributed by atoms with Crippen LogP contribution in [-0.4, -0.2) is 36.1 Å². The highest BCUT2D eigenvalue weighted by atomic mass is 16.6. The Labute approximate surface area is 130 Å². The fraction of sp³-hybridized carbons (Fsp3) is 0.333.